The molecular formula is C38H52Cl2O13S. The van der Waals surface area contributed by atoms with Crippen LogP contribution in [0.3, 0.4) is 0 Å². The van der Waals surface area contributed by atoms with Crippen LogP contribution in [0.2, 0.25) is 0 Å². The van der Waals surface area contributed by atoms with Crippen molar-refractivity contribution in [3.05, 3.63) is 92.3 Å². The molecule has 54 heavy (non-hydrogen) atoms. The van der Waals surface area contributed by atoms with Crippen LogP contribution in [0.1, 0.15) is 50.0 Å². The zero-order valence-electron chi connectivity index (χ0n) is 31.0. The van der Waals surface area contributed by atoms with Gasteiger partial charge in [0.2, 0.25) is 12.6 Å². The molecule has 0 saturated carbocycles. The molecule has 4 heterocycles. The molecule has 0 bridgehead atoms. The summed E-state index contributed by atoms with van der Waals surface area (Å²) in [5, 5.41) is 68.0. The summed E-state index contributed by atoms with van der Waals surface area (Å²) in [7, 11) is -1.14. The number of hydrogen-bond donors (Lipinski definition) is 7. The van der Waals surface area contributed by atoms with E-state index in [9.17, 15) is 35.4 Å². The van der Waals surface area contributed by atoms with Crippen LogP contribution in [0.4, 0.5) is 0 Å². The van der Waals surface area contributed by atoms with E-state index in [0.29, 0.717) is 27.4 Å². The number of carbonyl (C=O) groups excluding carboxylic acids is 1. The van der Waals surface area contributed by atoms with Gasteiger partial charge in [-0.25, -0.2) is 14.8 Å². The van der Waals surface area contributed by atoms with Crippen molar-refractivity contribution in [3.8, 4) is 0 Å². The first-order valence-corrected chi connectivity index (χ1v) is 20.8. The molecule has 4 aliphatic heterocycles. The SMILES string of the molecule is C/C=C\C1=C(C(/Cl)=C/OC2CC(O)C(O)C(CO)O2)S(C)(CC)C2C(Cl)=C(O[C@@H]3OC[C@H](O)[C@H](O)C3O)C=CC2C12OC(=O)c1ccccc12.CC.CO. The minimum absolute atomic E-state index is 0.0858. The standard InChI is InChI=1S/C35H42Cl2O12S.C2H6.CH4O/c1-4-8-19-31(21(36)15-45-26-13-22(39)28(41)25(14-38)47-26)50(3,5-2)32-20(35(19)18-10-7-6-9-17(18)33(44)49-35)11-12-24(27(32)37)48-34-30(43)29(42)23(40)16-46-34;2*1-2/h4,6-12,15,20,22-23,25-26,28-30,32,34,38-43H,5,13-14,16H2,1-3H3;1-2H3;2H,1H3/b8-4-,21-15-;;/t20?,22?,23-,25?,26?,28?,29-,30?,32?,34-,35?;;/m0../s1. The van der Waals surface area contributed by atoms with Crippen LogP contribution in [0.5, 0.6) is 0 Å². The Kier molecular flexibility index (Phi) is 15.3. The maximum Gasteiger partial charge on any atom is 0.339 e. The lowest BCUT2D eigenvalue weighted by atomic mass is 9.71. The summed E-state index contributed by atoms with van der Waals surface area (Å²) >= 11 is 14.6. The quantitative estimate of drug-likeness (QED) is 0.149. The van der Waals surface area contributed by atoms with Gasteiger partial charge in [0.05, 0.1) is 34.9 Å². The number of ether oxygens (including phenoxy) is 5. The first-order chi connectivity index (χ1) is 25.8. The fourth-order valence-electron chi connectivity index (χ4n) is 7.47. The number of benzene rings is 1. The van der Waals surface area contributed by atoms with Crippen LogP contribution in [0.15, 0.2) is 81.1 Å². The highest BCUT2D eigenvalue weighted by atomic mass is 35.5. The average Bonchev–Trinajstić information content (AvgIpc) is 3.48. The van der Waals surface area contributed by atoms with Crippen LogP contribution < -0.4 is 0 Å². The second-order valence-electron chi connectivity index (χ2n) is 12.9. The Hall–Kier alpha value is -2.44. The summed E-state index contributed by atoms with van der Waals surface area (Å²) in [5.41, 5.74) is 0.231. The molecular weight excluding hydrogens is 767 g/mol. The van der Waals surface area contributed by atoms with Gasteiger partial charge in [0.1, 0.15) is 42.5 Å². The van der Waals surface area contributed by atoms with Gasteiger partial charge in [0.15, 0.2) is 5.60 Å². The summed E-state index contributed by atoms with van der Waals surface area (Å²) < 4.78 is 29.7. The van der Waals surface area contributed by atoms with E-state index in [2.05, 4.69) is 6.26 Å². The number of aliphatic hydroxyl groups is 7. The number of hydrogen-bond acceptors (Lipinski definition) is 13. The molecule has 16 heteroatoms. The molecule has 302 valence electrons. The molecule has 1 spiro atoms. The van der Waals surface area contributed by atoms with E-state index in [-0.39, 0.29) is 28.9 Å². The highest BCUT2D eigenvalue weighted by Crippen LogP contribution is 2.73. The van der Waals surface area contributed by atoms with E-state index in [0.717, 1.165) is 7.11 Å². The monoisotopic (exact) mass is 818 g/mol. The average molecular weight is 820 g/mol. The maximum atomic E-state index is 13.6. The molecule has 6 rings (SSSR count). The number of esters is 1. The van der Waals surface area contributed by atoms with Gasteiger partial charge < -0.3 is 59.4 Å². The molecule has 7 N–H and O–H groups in total. The summed E-state index contributed by atoms with van der Waals surface area (Å²) in [6, 6.07) is 7.12. The molecule has 0 amide bonds. The third kappa shape index (κ3) is 7.78. The predicted molar refractivity (Wildman–Crippen MR) is 204 cm³/mol. The van der Waals surface area contributed by atoms with Crippen molar-refractivity contribution in [1.82, 2.24) is 0 Å². The molecule has 0 aromatic heterocycles. The zero-order valence-corrected chi connectivity index (χ0v) is 33.4. The van der Waals surface area contributed by atoms with Crippen LogP contribution in [0.25, 0.3) is 0 Å². The number of aliphatic hydroxyl groups excluding tert-OH is 7. The predicted octanol–water partition coefficient (Wildman–Crippen LogP) is 3.37. The Morgan fingerprint density at radius 3 is 2.41 bits per heavy atom. The van der Waals surface area contributed by atoms with Gasteiger partial charge in [0.25, 0.3) is 0 Å². The third-order valence-corrected chi connectivity index (χ3v) is 15.3. The smallest absolute Gasteiger partial charge is 0.339 e. The number of rotatable bonds is 8. The number of fused-ring (bicyclic) bond motifs is 4. The van der Waals surface area contributed by atoms with E-state index in [1.54, 1.807) is 18.2 Å². The Morgan fingerprint density at radius 2 is 1.76 bits per heavy atom. The van der Waals surface area contributed by atoms with E-state index in [1.165, 1.54) is 6.26 Å². The Balaban J connectivity index is 0.00000157. The van der Waals surface area contributed by atoms with Crippen molar-refractivity contribution >= 4 is 39.2 Å². The topological polar surface area (TPSA) is 205 Å². The van der Waals surface area contributed by atoms with Crippen LogP contribution in [0, 0.1) is 5.92 Å². The summed E-state index contributed by atoms with van der Waals surface area (Å²) in [6.45, 7) is 7.04. The van der Waals surface area contributed by atoms with E-state index in [1.807, 2.05) is 58.1 Å². The molecule has 9 unspecified atom stereocenters. The van der Waals surface area contributed by atoms with Gasteiger partial charge in [-0.05, 0) is 31.1 Å². The van der Waals surface area contributed by atoms with Crippen LogP contribution in [-0.2, 0) is 29.3 Å². The van der Waals surface area contributed by atoms with Crippen LogP contribution >= 0.6 is 33.2 Å². The third-order valence-electron chi connectivity index (χ3n) is 10.1. The van der Waals surface area contributed by atoms with Gasteiger partial charge in [-0.3, -0.25) is 0 Å². The van der Waals surface area contributed by atoms with Crippen molar-refractivity contribution in [3.63, 3.8) is 0 Å². The van der Waals surface area contributed by atoms with Gasteiger partial charge in [-0.1, -0.05) is 80.4 Å². The van der Waals surface area contributed by atoms with E-state index in [4.69, 9.17) is 52.0 Å². The minimum Gasteiger partial charge on any atom is -0.471 e. The fourth-order valence-corrected chi connectivity index (χ4v) is 12.6. The largest absolute Gasteiger partial charge is 0.471 e. The number of allylic oxidation sites excluding steroid dienone is 3. The first-order valence-electron chi connectivity index (χ1n) is 17.8. The Bertz CT molecular complexity index is 1650. The van der Waals surface area contributed by atoms with Crippen molar-refractivity contribution < 1.29 is 64.2 Å². The number of carbonyl (C=O) groups is 1. The number of halogens is 2. The van der Waals surface area contributed by atoms with Gasteiger partial charge in [0, 0.05) is 40.7 Å². The van der Waals surface area contributed by atoms with E-state index < -0.39 is 88.6 Å². The minimum atomic E-state index is -2.14. The molecule has 5 aliphatic rings. The van der Waals surface area contributed by atoms with Crippen molar-refractivity contribution in [2.75, 3.05) is 32.3 Å². The lowest BCUT2D eigenvalue weighted by molar-refractivity contribution is -0.257. The highest BCUT2D eigenvalue weighted by Gasteiger charge is 2.63. The second kappa shape index (κ2) is 18.7. The second-order valence-corrected chi connectivity index (χ2v) is 17.6. The van der Waals surface area contributed by atoms with Gasteiger partial charge >= 0.3 is 5.97 Å². The molecule has 1 aromatic carbocycles. The normalized spacial score (nSPS) is 38.7. The summed E-state index contributed by atoms with van der Waals surface area (Å²) in [5.74, 6) is -0.359. The summed E-state index contributed by atoms with van der Waals surface area (Å²) in [6.07, 6.45) is 0.184. The molecule has 1 aliphatic carbocycles. The molecule has 0 radical (unpaired) electrons. The molecule has 12 atom stereocenters. The van der Waals surface area contributed by atoms with Crippen molar-refractivity contribution in [2.45, 2.75) is 94.2 Å². The first kappa shape index (κ1) is 44.3. The maximum absolute atomic E-state index is 13.6. The molecule has 2 saturated heterocycles. The lowest BCUT2D eigenvalue weighted by Crippen LogP contribution is -2.54. The van der Waals surface area contributed by atoms with Gasteiger partial charge in [-0.15, -0.1) is 0 Å². The fraction of sp³-hybridized carbons (Fsp3) is 0.553. The Labute approximate surface area is 327 Å². The van der Waals surface area contributed by atoms with Crippen LogP contribution in [-0.4, -0.2) is 129 Å². The zero-order chi connectivity index (χ0) is 40.1. The highest BCUT2D eigenvalue weighted by molar-refractivity contribution is 8.37. The molecule has 2 fully saturated rings. The summed E-state index contributed by atoms with van der Waals surface area (Å²) in [4.78, 5) is 14.2. The van der Waals surface area contributed by atoms with Crippen molar-refractivity contribution in [2.24, 2.45) is 5.92 Å². The van der Waals surface area contributed by atoms with E-state index >= 15 is 0 Å². The van der Waals surface area contributed by atoms with Crippen molar-refractivity contribution in [1.29, 1.82) is 0 Å². The van der Waals surface area contributed by atoms with Gasteiger partial charge in [-0.2, -0.15) is 0 Å². The molecule has 1 aromatic rings. The molecule has 13 nitrogen and oxygen atoms in total. The Morgan fingerprint density at radius 1 is 1.07 bits per heavy atom. The lowest BCUT2D eigenvalue weighted by Gasteiger charge is -2.57.